The lowest BCUT2D eigenvalue weighted by molar-refractivity contribution is -0.0131. The molecule has 0 aliphatic carbocycles. The summed E-state index contributed by atoms with van der Waals surface area (Å²) in [5.41, 5.74) is 1.63. The van der Waals surface area contributed by atoms with Gasteiger partial charge in [-0.3, -0.25) is 9.69 Å². The Labute approximate surface area is 148 Å². The van der Waals surface area contributed by atoms with Crippen molar-refractivity contribution in [2.75, 3.05) is 45.8 Å². The number of hydrogen-bond donors (Lipinski definition) is 0. The predicted octanol–water partition coefficient (Wildman–Crippen LogP) is 1.19. The number of fused-ring (bicyclic) bond motifs is 4. The van der Waals surface area contributed by atoms with E-state index in [-0.39, 0.29) is 5.91 Å². The Kier molecular flexibility index (Phi) is 3.75. The fourth-order valence-electron chi connectivity index (χ4n) is 4.83. The van der Waals surface area contributed by atoms with Crippen molar-refractivity contribution in [2.45, 2.75) is 18.9 Å². The highest BCUT2D eigenvalue weighted by atomic mass is 16.2. The van der Waals surface area contributed by atoms with Gasteiger partial charge in [-0.25, -0.2) is 4.98 Å². The first-order valence-electron chi connectivity index (χ1n) is 9.46. The van der Waals surface area contributed by atoms with Crippen LogP contribution in [0.5, 0.6) is 0 Å². The topological polar surface area (TPSA) is 44.1 Å². The minimum Gasteiger partial charge on any atom is -0.336 e. The van der Waals surface area contributed by atoms with Crippen LogP contribution in [0.1, 0.15) is 23.2 Å². The van der Waals surface area contributed by atoms with E-state index >= 15 is 0 Å². The molecule has 0 spiro atoms. The van der Waals surface area contributed by atoms with Gasteiger partial charge in [0.2, 0.25) is 0 Å². The van der Waals surface area contributed by atoms with E-state index in [0.29, 0.717) is 6.04 Å². The monoisotopic (exact) mass is 339 g/mol. The fourth-order valence-corrected chi connectivity index (χ4v) is 4.83. The second-order valence-corrected chi connectivity index (χ2v) is 7.64. The highest BCUT2D eigenvalue weighted by Crippen LogP contribution is 2.31. The Bertz CT molecular complexity index is 771. The third-order valence-electron chi connectivity index (χ3n) is 6.33. The highest BCUT2D eigenvalue weighted by molar-refractivity contribution is 5.94. The standard InChI is InChI=1S/C19H25N5O/c25-19(16-1-2-18-20-5-8-24(18)13-16)23-11-9-22(10-12-23)17-14-21-6-3-15(17)4-7-21/h1-2,5,8,13,15,17H,3-4,6-7,9-12,14H2. The number of aromatic nitrogens is 2. The molecule has 4 saturated heterocycles. The SMILES string of the molecule is O=C(c1ccc2nccn2c1)N1CCN(C2CN3CCC2CC3)CC1. The number of piperidine rings is 3. The molecule has 1 atom stereocenters. The quantitative estimate of drug-likeness (QED) is 0.824. The molecule has 4 aliphatic rings. The Morgan fingerprint density at radius 2 is 1.84 bits per heavy atom. The lowest BCUT2D eigenvalue weighted by atomic mass is 9.83. The molecule has 0 saturated carbocycles. The van der Waals surface area contributed by atoms with E-state index in [1.807, 2.05) is 33.8 Å². The molecule has 132 valence electrons. The van der Waals surface area contributed by atoms with Gasteiger partial charge < -0.3 is 14.2 Å². The summed E-state index contributed by atoms with van der Waals surface area (Å²) in [4.78, 5) is 24.3. The van der Waals surface area contributed by atoms with E-state index < -0.39 is 0 Å². The van der Waals surface area contributed by atoms with Gasteiger partial charge in [-0.15, -0.1) is 0 Å². The molecule has 0 aromatic carbocycles. The van der Waals surface area contributed by atoms with Crippen molar-refractivity contribution < 1.29 is 4.79 Å². The number of amides is 1. The van der Waals surface area contributed by atoms with E-state index in [0.717, 1.165) is 43.3 Å². The van der Waals surface area contributed by atoms with Crippen LogP contribution < -0.4 is 0 Å². The Hall–Kier alpha value is -1.92. The molecule has 1 amide bonds. The zero-order valence-corrected chi connectivity index (χ0v) is 14.5. The van der Waals surface area contributed by atoms with Gasteiger partial charge >= 0.3 is 0 Å². The summed E-state index contributed by atoms with van der Waals surface area (Å²) in [6, 6.07) is 4.52. The van der Waals surface area contributed by atoms with Crippen LogP contribution in [-0.4, -0.2) is 81.8 Å². The van der Waals surface area contributed by atoms with Gasteiger partial charge in [0.05, 0.1) is 5.56 Å². The number of carbonyl (C=O) groups is 1. The van der Waals surface area contributed by atoms with Gasteiger partial charge in [-0.2, -0.15) is 0 Å². The van der Waals surface area contributed by atoms with Crippen LogP contribution in [0.4, 0.5) is 0 Å². The van der Waals surface area contributed by atoms with Crippen molar-refractivity contribution in [3.63, 3.8) is 0 Å². The third-order valence-corrected chi connectivity index (χ3v) is 6.33. The highest BCUT2D eigenvalue weighted by Gasteiger charge is 2.38. The summed E-state index contributed by atoms with van der Waals surface area (Å²) in [5.74, 6) is 1.01. The lowest BCUT2D eigenvalue weighted by Crippen LogP contribution is -2.61. The Morgan fingerprint density at radius 1 is 1.04 bits per heavy atom. The zero-order valence-electron chi connectivity index (χ0n) is 14.5. The summed E-state index contributed by atoms with van der Waals surface area (Å²) in [6.45, 7) is 7.50. The van der Waals surface area contributed by atoms with Gasteiger partial charge in [0, 0.05) is 57.4 Å². The van der Waals surface area contributed by atoms with Crippen LogP contribution in [0.3, 0.4) is 0 Å². The van der Waals surface area contributed by atoms with Crippen LogP contribution in [0.15, 0.2) is 30.7 Å². The van der Waals surface area contributed by atoms with Crippen molar-refractivity contribution in [3.8, 4) is 0 Å². The molecule has 6 heteroatoms. The van der Waals surface area contributed by atoms with E-state index in [4.69, 9.17) is 0 Å². The second kappa shape index (κ2) is 6.11. The number of imidazole rings is 1. The van der Waals surface area contributed by atoms with Crippen molar-refractivity contribution >= 4 is 11.6 Å². The number of pyridine rings is 1. The molecule has 2 bridgehead atoms. The maximum absolute atomic E-state index is 12.8. The first-order valence-corrected chi connectivity index (χ1v) is 9.46. The number of piperazine rings is 1. The molecule has 6 rings (SSSR count). The molecule has 0 radical (unpaired) electrons. The Morgan fingerprint density at radius 3 is 2.56 bits per heavy atom. The molecular weight excluding hydrogens is 314 g/mol. The first kappa shape index (κ1) is 15.3. The number of rotatable bonds is 2. The molecule has 2 aromatic rings. The maximum Gasteiger partial charge on any atom is 0.255 e. The molecule has 1 unspecified atom stereocenters. The molecule has 2 aromatic heterocycles. The normalized spacial score (nSPS) is 30.1. The van der Waals surface area contributed by atoms with Gasteiger partial charge in [0.25, 0.3) is 5.91 Å². The molecule has 6 heterocycles. The minimum absolute atomic E-state index is 0.143. The minimum atomic E-state index is 0.143. The second-order valence-electron chi connectivity index (χ2n) is 7.64. The van der Waals surface area contributed by atoms with Gasteiger partial charge in [0.1, 0.15) is 5.65 Å². The average Bonchev–Trinajstić information content (AvgIpc) is 3.16. The number of nitrogens with zero attached hydrogens (tertiary/aromatic N) is 5. The summed E-state index contributed by atoms with van der Waals surface area (Å²) in [5, 5.41) is 0. The van der Waals surface area contributed by atoms with Crippen molar-refractivity contribution in [2.24, 2.45) is 5.92 Å². The molecule has 4 aliphatic heterocycles. The fraction of sp³-hybridized carbons (Fsp3) is 0.579. The Balaban J connectivity index is 1.24. The average molecular weight is 339 g/mol. The van der Waals surface area contributed by atoms with Gasteiger partial charge in [-0.1, -0.05) is 0 Å². The van der Waals surface area contributed by atoms with E-state index in [1.54, 1.807) is 6.20 Å². The summed E-state index contributed by atoms with van der Waals surface area (Å²) >= 11 is 0. The van der Waals surface area contributed by atoms with Gasteiger partial charge in [0.15, 0.2) is 0 Å². The van der Waals surface area contributed by atoms with E-state index in [9.17, 15) is 4.79 Å². The molecule has 6 nitrogen and oxygen atoms in total. The maximum atomic E-state index is 12.8. The van der Waals surface area contributed by atoms with Crippen LogP contribution >= 0.6 is 0 Å². The van der Waals surface area contributed by atoms with Crippen LogP contribution in [0.2, 0.25) is 0 Å². The van der Waals surface area contributed by atoms with Crippen molar-refractivity contribution in [1.29, 1.82) is 0 Å². The number of hydrogen-bond acceptors (Lipinski definition) is 4. The number of carbonyl (C=O) groups excluding carboxylic acids is 1. The van der Waals surface area contributed by atoms with E-state index in [1.165, 1.54) is 32.5 Å². The van der Waals surface area contributed by atoms with Crippen LogP contribution in [0, 0.1) is 5.92 Å². The van der Waals surface area contributed by atoms with E-state index in [2.05, 4.69) is 14.8 Å². The third kappa shape index (κ3) is 2.73. The van der Waals surface area contributed by atoms with Crippen LogP contribution in [0.25, 0.3) is 5.65 Å². The van der Waals surface area contributed by atoms with Crippen LogP contribution in [-0.2, 0) is 0 Å². The summed E-state index contributed by atoms with van der Waals surface area (Å²) in [6.07, 6.45) is 8.25. The molecule has 25 heavy (non-hydrogen) atoms. The zero-order chi connectivity index (χ0) is 16.8. The van der Waals surface area contributed by atoms with Gasteiger partial charge in [-0.05, 0) is 44.0 Å². The smallest absolute Gasteiger partial charge is 0.255 e. The summed E-state index contributed by atoms with van der Waals surface area (Å²) in [7, 11) is 0. The summed E-state index contributed by atoms with van der Waals surface area (Å²) < 4.78 is 1.91. The molecular formula is C19H25N5O. The molecule has 4 fully saturated rings. The predicted molar refractivity (Wildman–Crippen MR) is 95.6 cm³/mol. The van der Waals surface area contributed by atoms with Crippen molar-refractivity contribution in [3.05, 3.63) is 36.3 Å². The first-order chi connectivity index (χ1) is 12.3. The lowest BCUT2D eigenvalue weighted by Gasteiger charge is -2.51. The van der Waals surface area contributed by atoms with Crippen molar-refractivity contribution in [1.82, 2.24) is 24.1 Å². The molecule has 0 N–H and O–H groups in total. The largest absolute Gasteiger partial charge is 0.336 e.